The normalized spacial score (nSPS) is 11.1. The summed E-state index contributed by atoms with van der Waals surface area (Å²) in [4.78, 5) is 8.20. The third-order valence-corrected chi connectivity index (χ3v) is 4.00. The Hall–Kier alpha value is -2.99. The molecule has 0 radical (unpaired) electrons. The van der Waals surface area contributed by atoms with Crippen molar-refractivity contribution >= 4 is 28.3 Å². The molecule has 0 saturated heterocycles. The summed E-state index contributed by atoms with van der Waals surface area (Å²) in [6.07, 6.45) is 1.65. The Labute approximate surface area is 141 Å². The Morgan fingerprint density at radius 1 is 1.00 bits per heavy atom. The summed E-state index contributed by atoms with van der Waals surface area (Å²) in [6, 6.07) is 12.9. The highest BCUT2D eigenvalue weighted by molar-refractivity contribution is 6.35. The summed E-state index contributed by atoms with van der Waals surface area (Å²) in [7, 11) is 0. The maximum atomic E-state index is 14.0. The molecule has 24 heavy (non-hydrogen) atoms. The van der Waals surface area contributed by atoms with Crippen LogP contribution in [0.3, 0.4) is 0 Å². The lowest BCUT2D eigenvalue weighted by Gasteiger charge is -2.10. The van der Waals surface area contributed by atoms with Crippen LogP contribution in [0.1, 0.15) is 0 Å². The zero-order chi connectivity index (χ0) is 16.7. The van der Waals surface area contributed by atoms with Gasteiger partial charge in [0.25, 0.3) is 5.95 Å². The summed E-state index contributed by atoms with van der Waals surface area (Å²) >= 11 is 6.28. The number of nitrogens with zero attached hydrogens (tertiary/aromatic N) is 3. The summed E-state index contributed by atoms with van der Waals surface area (Å²) in [6.45, 7) is 0. The van der Waals surface area contributed by atoms with E-state index in [0.717, 1.165) is 10.9 Å². The Balaban J connectivity index is 2.01. The Morgan fingerprint density at radius 2 is 1.75 bits per heavy atom. The van der Waals surface area contributed by atoms with Crippen LogP contribution in [0.5, 0.6) is 0 Å². The van der Waals surface area contributed by atoms with Gasteiger partial charge in [-0.2, -0.15) is 9.49 Å². The van der Waals surface area contributed by atoms with Crippen LogP contribution < -0.4 is 5.73 Å². The summed E-state index contributed by atoms with van der Waals surface area (Å²) in [5, 5.41) is 8.06. The van der Waals surface area contributed by atoms with Crippen molar-refractivity contribution in [2.24, 2.45) is 0 Å². The monoisotopic (exact) mass is 339 g/mol. The zero-order valence-electron chi connectivity index (χ0n) is 12.3. The van der Waals surface area contributed by atoms with Crippen LogP contribution in [0.2, 0.25) is 5.02 Å². The number of nitrogen functional groups attached to an aromatic ring is 1. The second-order valence-corrected chi connectivity index (χ2v) is 5.66. The second-order valence-electron chi connectivity index (χ2n) is 5.26. The van der Waals surface area contributed by atoms with Crippen LogP contribution in [0.25, 0.3) is 33.4 Å². The molecule has 0 fully saturated rings. The molecular weight excluding hydrogens is 329 g/mol. The van der Waals surface area contributed by atoms with Crippen molar-refractivity contribution in [1.82, 2.24) is 20.2 Å². The number of halogens is 2. The highest BCUT2D eigenvalue weighted by Gasteiger charge is 2.17. The molecule has 2 aromatic carbocycles. The minimum absolute atomic E-state index is 0.243. The van der Waals surface area contributed by atoms with Gasteiger partial charge in [0.05, 0.1) is 22.4 Å². The number of rotatable bonds is 2. The lowest BCUT2D eigenvalue weighted by molar-refractivity contribution is 0.585. The minimum Gasteiger partial charge on any atom is -0.380 e. The van der Waals surface area contributed by atoms with Gasteiger partial charge in [-0.3, -0.25) is 5.10 Å². The molecule has 7 heteroatoms. The van der Waals surface area contributed by atoms with Gasteiger partial charge in [0.15, 0.2) is 5.82 Å². The van der Waals surface area contributed by atoms with Gasteiger partial charge in [-0.15, -0.1) is 0 Å². The number of nitrogens with one attached hydrogen (secondary N) is 1. The largest absolute Gasteiger partial charge is 0.380 e. The average molecular weight is 340 g/mol. The first kappa shape index (κ1) is 14.6. The van der Waals surface area contributed by atoms with E-state index in [1.807, 2.05) is 36.4 Å². The Morgan fingerprint density at radius 3 is 2.54 bits per heavy atom. The van der Waals surface area contributed by atoms with Gasteiger partial charge in [0, 0.05) is 16.5 Å². The molecule has 0 aliphatic carbocycles. The zero-order valence-corrected chi connectivity index (χ0v) is 13.0. The van der Waals surface area contributed by atoms with Crippen molar-refractivity contribution < 1.29 is 4.39 Å². The molecule has 0 unspecified atom stereocenters. The first-order valence-electron chi connectivity index (χ1n) is 7.15. The van der Waals surface area contributed by atoms with E-state index in [2.05, 4.69) is 20.2 Å². The molecule has 0 aliphatic rings. The lowest BCUT2D eigenvalue weighted by Crippen LogP contribution is -2.03. The van der Waals surface area contributed by atoms with Crippen molar-refractivity contribution in [2.45, 2.75) is 0 Å². The second kappa shape index (κ2) is 5.58. The van der Waals surface area contributed by atoms with Gasteiger partial charge < -0.3 is 5.73 Å². The van der Waals surface area contributed by atoms with Gasteiger partial charge in [-0.05, 0) is 12.1 Å². The number of hydrogen-bond acceptors (Lipinski definition) is 4. The summed E-state index contributed by atoms with van der Waals surface area (Å²) in [5.41, 5.74) is 8.62. The van der Waals surface area contributed by atoms with Crippen LogP contribution in [0.15, 0.2) is 48.7 Å². The average Bonchev–Trinajstić information content (AvgIpc) is 3.07. The van der Waals surface area contributed by atoms with E-state index in [1.54, 1.807) is 12.3 Å². The number of nitrogens with two attached hydrogens (primary N) is 1. The molecule has 0 spiro atoms. The van der Waals surface area contributed by atoms with E-state index in [1.165, 1.54) is 0 Å². The fraction of sp³-hybridized carbons (Fsp3) is 0. The summed E-state index contributed by atoms with van der Waals surface area (Å²) < 4.78 is 14.0. The lowest BCUT2D eigenvalue weighted by atomic mass is 10.0. The standard InChI is InChI=1S/C17H11ClFN5/c18-12-7-10(6-11-8-21-24-13(11)12)15-14(9-4-2-1-3-5-9)23-17(20)16(19)22-15/h1-8H,(H2,20,23)(H,21,24). The van der Waals surface area contributed by atoms with Crippen LogP contribution >= 0.6 is 11.6 Å². The van der Waals surface area contributed by atoms with Gasteiger partial charge in [-0.1, -0.05) is 41.9 Å². The van der Waals surface area contributed by atoms with Gasteiger partial charge in [-0.25, -0.2) is 9.97 Å². The van der Waals surface area contributed by atoms with Crippen LogP contribution in [0.4, 0.5) is 10.2 Å². The third kappa shape index (κ3) is 2.37. The van der Waals surface area contributed by atoms with E-state index in [-0.39, 0.29) is 5.82 Å². The van der Waals surface area contributed by atoms with Gasteiger partial charge >= 0.3 is 0 Å². The molecule has 5 nitrogen and oxygen atoms in total. The number of H-pyrrole nitrogens is 1. The first-order chi connectivity index (χ1) is 11.6. The number of hydrogen-bond donors (Lipinski definition) is 2. The van der Waals surface area contributed by atoms with Crippen molar-refractivity contribution in [2.75, 3.05) is 5.73 Å². The maximum Gasteiger partial charge on any atom is 0.256 e. The van der Waals surface area contributed by atoms with E-state index >= 15 is 0 Å². The topological polar surface area (TPSA) is 80.5 Å². The van der Waals surface area contributed by atoms with Crippen LogP contribution in [0, 0.1) is 5.95 Å². The number of anilines is 1. The fourth-order valence-electron chi connectivity index (χ4n) is 2.58. The molecule has 4 aromatic rings. The molecule has 0 aliphatic heterocycles. The smallest absolute Gasteiger partial charge is 0.256 e. The van der Waals surface area contributed by atoms with Crippen molar-refractivity contribution in [3.8, 4) is 22.5 Å². The Bertz CT molecular complexity index is 1050. The molecule has 0 amide bonds. The van der Waals surface area contributed by atoms with Gasteiger partial charge in [0.2, 0.25) is 0 Å². The number of aromatic amines is 1. The molecule has 118 valence electrons. The first-order valence-corrected chi connectivity index (χ1v) is 7.52. The van der Waals surface area contributed by atoms with Crippen LogP contribution in [-0.2, 0) is 0 Å². The molecular formula is C17H11ClFN5. The maximum absolute atomic E-state index is 14.0. The molecule has 0 atom stereocenters. The fourth-order valence-corrected chi connectivity index (χ4v) is 2.85. The third-order valence-electron chi connectivity index (χ3n) is 3.70. The predicted molar refractivity (Wildman–Crippen MR) is 91.9 cm³/mol. The van der Waals surface area contributed by atoms with E-state index in [9.17, 15) is 4.39 Å². The number of aromatic nitrogens is 4. The summed E-state index contributed by atoms with van der Waals surface area (Å²) in [5.74, 6) is -1.05. The molecule has 4 rings (SSSR count). The highest BCUT2D eigenvalue weighted by atomic mass is 35.5. The SMILES string of the molecule is Nc1nc(-c2ccccc2)c(-c2cc(Cl)c3[nH]ncc3c2)nc1F. The number of fused-ring (bicyclic) bond motifs is 1. The molecule has 2 heterocycles. The molecule has 0 saturated carbocycles. The van der Waals surface area contributed by atoms with Crippen molar-refractivity contribution in [3.05, 3.63) is 59.6 Å². The highest BCUT2D eigenvalue weighted by Crippen LogP contribution is 2.34. The molecule has 0 bridgehead atoms. The van der Waals surface area contributed by atoms with Gasteiger partial charge in [0.1, 0.15) is 5.69 Å². The molecule has 2 aromatic heterocycles. The predicted octanol–water partition coefficient (Wildman–Crippen LogP) is 4.06. The van der Waals surface area contributed by atoms with E-state index in [0.29, 0.717) is 27.5 Å². The van der Waals surface area contributed by atoms with Crippen molar-refractivity contribution in [1.29, 1.82) is 0 Å². The Kier molecular flexibility index (Phi) is 3.39. The quantitative estimate of drug-likeness (QED) is 0.577. The van der Waals surface area contributed by atoms with Crippen molar-refractivity contribution in [3.63, 3.8) is 0 Å². The van der Waals surface area contributed by atoms with E-state index in [4.69, 9.17) is 17.3 Å². The minimum atomic E-state index is -0.812. The van der Waals surface area contributed by atoms with Crippen LogP contribution in [-0.4, -0.2) is 20.2 Å². The molecule has 3 N–H and O–H groups in total. The number of benzene rings is 2. The van der Waals surface area contributed by atoms with E-state index < -0.39 is 5.95 Å².